The average Bonchev–Trinajstić information content (AvgIpc) is 2.90. The summed E-state index contributed by atoms with van der Waals surface area (Å²) in [7, 11) is 1.58. The number of amides is 1. The minimum absolute atomic E-state index is 0.0919. The summed E-state index contributed by atoms with van der Waals surface area (Å²) in [6.45, 7) is 2.20. The van der Waals surface area contributed by atoms with Gasteiger partial charge in [-0.3, -0.25) is 4.79 Å². The zero-order chi connectivity index (χ0) is 14.4. The maximum absolute atomic E-state index is 11.1. The number of benzene rings is 1. The van der Waals surface area contributed by atoms with E-state index in [9.17, 15) is 4.79 Å². The lowest BCUT2D eigenvalue weighted by Gasteiger charge is -2.03. The minimum atomic E-state index is -0.0919. The van der Waals surface area contributed by atoms with Crippen molar-refractivity contribution in [2.24, 2.45) is 0 Å². The maximum Gasteiger partial charge on any atom is 0.277 e. The number of nitrogens with zero attached hydrogens (tertiary/aromatic N) is 2. The van der Waals surface area contributed by atoms with Gasteiger partial charge in [0.05, 0.1) is 5.75 Å². The molecule has 0 aliphatic heterocycles. The number of carbonyl (C=O) groups is 1. The molecule has 0 spiro atoms. The fourth-order valence-corrected chi connectivity index (χ4v) is 2.06. The predicted octanol–water partition coefficient (Wildman–Crippen LogP) is 1.80. The standard InChI is InChI=1S/C13H15N3O3S/c1-9-4-3-5-10(6-9)18-7-12-15-16-13(19-12)20-8-11(17)14-2/h3-6H,7-8H2,1-2H3,(H,14,17). The van der Waals surface area contributed by atoms with E-state index in [1.165, 1.54) is 11.8 Å². The summed E-state index contributed by atoms with van der Waals surface area (Å²) >= 11 is 1.19. The highest BCUT2D eigenvalue weighted by atomic mass is 32.2. The van der Waals surface area contributed by atoms with Crippen LogP contribution in [0.15, 0.2) is 33.9 Å². The molecule has 1 aromatic heterocycles. The molecule has 1 N–H and O–H groups in total. The van der Waals surface area contributed by atoms with Crippen LogP contribution < -0.4 is 10.1 Å². The van der Waals surface area contributed by atoms with E-state index in [4.69, 9.17) is 9.15 Å². The molecule has 1 heterocycles. The number of aryl methyl sites for hydroxylation is 1. The number of aromatic nitrogens is 2. The lowest BCUT2D eigenvalue weighted by atomic mass is 10.2. The first-order chi connectivity index (χ1) is 9.67. The van der Waals surface area contributed by atoms with Crippen LogP contribution in [0.3, 0.4) is 0 Å². The smallest absolute Gasteiger partial charge is 0.277 e. The Morgan fingerprint density at radius 1 is 1.45 bits per heavy atom. The third-order valence-electron chi connectivity index (χ3n) is 2.41. The van der Waals surface area contributed by atoms with Gasteiger partial charge in [-0.25, -0.2) is 0 Å². The topological polar surface area (TPSA) is 77.2 Å². The Morgan fingerprint density at radius 3 is 3.05 bits per heavy atom. The van der Waals surface area contributed by atoms with E-state index >= 15 is 0 Å². The highest BCUT2D eigenvalue weighted by Crippen LogP contribution is 2.18. The fraction of sp³-hybridized carbons (Fsp3) is 0.308. The largest absolute Gasteiger partial charge is 0.484 e. The van der Waals surface area contributed by atoms with Crippen LogP contribution in [0.4, 0.5) is 0 Å². The molecular formula is C13H15N3O3S. The van der Waals surface area contributed by atoms with Gasteiger partial charge in [-0.1, -0.05) is 23.9 Å². The van der Waals surface area contributed by atoms with Gasteiger partial charge >= 0.3 is 0 Å². The second-order valence-corrected chi connectivity index (χ2v) is 4.96. The molecule has 1 amide bonds. The first-order valence-corrected chi connectivity index (χ1v) is 7.01. The molecule has 20 heavy (non-hydrogen) atoms. The first-order valence-electron chi connectivity index (χ1n) is 6.02. The molecule has 0 saturated heterocycles. The third-order valence-corrected chi connectivity index (χ3v) is 3.22. The SMILES string of the molecule is CNC(=O)CSc1nnc(COc2cccc(C)c2)o1. The Morgan fingerprint density at radius 2 is 2.30 bits per heavy atom. The van der Waals surface area contributed by atoms with Crippen LogP contribution in [-0.2, 0) is 11.4 Å². The van der Waals surface area contributed by atoms with E-state index in [2.05, 4.69) is 15.5 Å². The highest BCUT2D eigenvalue weighted by molar-refractivity contribution is 7.99. The first kappa shape index (κ1) is 14.4. The van der Waals surface area contributed by atoms with Crippen LogP contribution in [-0.4, -0.2) is 28.9 Å². The molecule has 0 saturated carbocycles. The zero-order valence-electron chi connectivity index (χ0n) is 11.3. The van der Waals surface area contributed by atoms with Gasteiger partial charge in [0, 0.05) is 7.05 Å². The Balaban J connectivity index is 1.85. The van der Waals surface area contributed by atoms with E-state index in [0.29, 0.717) is 11.1 Å². The molecule has 106 valence electrons. The molecule has 0 radical (unpaired) electrons. The summed E-state index contributed by atoms with van der Waals surface area (Å²) < 4.78 is 10.9. The summed E-state index contributed by atoms with van der Waals surface area (Å²) in [4.78, 5) is 11.1. The van der Waals surface area contributed by atoms with Gasteiger partial charge < -0.3 is 14.5 Å². The van der Waals surface area contributed by atoms with Gasteiger partial charge in [0.25, 0.3) is 11.1 Å². The summed E-state index contributed by atoms with van der Waals surface area (Å²) in [6.07, 6.45) is 0. The quantitative estimate of drug-likeness (QED) is 0.818. The Bertz CT molecular complexity index is 586. The van der Waals surface area contributed by atoms with Crippen molar-refractivity contribution in [2.45, 2.75) is 18.8 Å². The number of nitrogens with one attached hydrogen (secondary N) is 1. The molecule has 1 aromatic carbocycles. The molecule has 0 bridgehead atoms. The number of carbonyl (C=O) groups excluding carboxylic acids is 1. The second-order valence-electron chi connectivity index (χ2n) is 4.03. The summed E-state index contributed by atoms with van der Waals surface area (Å²) in [6, 6.07) is 7.71. The molecule has 7 heteroatoms. The van der Waals surface area contributed by atoms with Crippen LogP contribution in [0.2, 0.25) is 0 Å². The van der Waals surface area contributed by atoms with Gasteiger partial charge in [0.1, 0.15) is 5.75 Å². The lowest BCUT2D eigenvalue weighted by Crippen LogP contribution is -2.19. The number of hydrogen-bond acceptors (Lipinski definition) is 6. The summed E-state index contributed by atoms with van der Waals surface area (Å²) in [5.41, 5.74) is 1.12. The number of hydrogen-bond donors (Lipinski definition) is 1. The summed E-state index contributed by atoms with van der Waals surface area (Å²) in [5.74, 6) is 1.29. The van der Waals surface area contributed by atoms with Crippen molar-refractivity contribution >= 4 is 17.7 Å². The molecule has 0 aliphatic rings. The highest BCUT2D eigenvalue weighted by Gasteiger charge is 2.09. The molecule has 0 atom stereocenters. The van der Waals surface area contributed by atoms with E-state index in [1.54, 1.807) is 7.05 Å². The van der Waals surface area contributed by atoms with Crippen molar-refractivity contribution in [3.63, 3.8) is 0 Å². The Kier molecular flexibility index (Phi) is 5.00. The van der Waals surface area contributed by atoms with Gasteiger partial charge in [-0.05, 0) is 24.6 Å². The van der Waals surface area contributed by atoms with Crippen molar-refractivity contribution in [3.05, 3.63) is 35.7 Å². The number of thioether (sulfide) groups is 1. The summed E-state index contributed by atoms with van der Waals surface area (Å²) in [5, 5.41) is 10.6. The van der Waals surface area contributed by atoms with Crippen molar-refractivity contribution in [1.29, 1.82) is 0 Å². The van der Waals surface area contributed by atoms with E-state index < -0.39 is 0 Å². The van der Waals surface area contributed by atoms with Gasteiger partial charge in [0.2, 0.25) is 5.91 Å². The Hall–Kier alpha value is -2.02. The molecule has 0 unspecified atom stereocenters. The third kappa shape index (κ3) is 4.27. The zero-order valence-corrected chi connectivity index (χ0v) is 12.1. The molecule has 6 nitrogen and oxygen atoms in total. The second kappa shape index (κ2) is 6.95. The van der Waals surface area contributed by atoms with Crippen LogP contribution in [0.25, 0.3) is 0 Å². The van der Waals surface area contributed by atoms with Crippen LogP contribution in [0.5, 0.6) is 5.75 Å². The molecule has 2 rings (SSSR count). The monoisotopic (exact) mass is 293 g/mol. The van der Waals surface area contributed by atoms with Crippen LogP contribution in [0.1, 0.15) is 11.5 Å². The van der Waals surface area contributed by atoms with Gasteiger partial charge in [-0.15, -0.1) is 10.2 Å². The van der Waals surface area contributed by atoms with Crippen molar-refractivity contribution < 1.29 is 13.9 Å². The normalized spacial score (nSPS) is 10.3. The van der Waals surface area contributed by atoms with Crippen LogP contribution >= 0.6 is 11.8 Å². The number of rotatable bonds is 6. The van der Waals surface area contributed by atoms with E-state index in [0.717, 1.165) is 11.3 Å². The number of ether oxygens (including phenoxy) is 1. The molecule has 0 fully saturated rings. The fourth-order valence-electron chi connectivity index (χ4n) is 1.40. The van der Waals surface area contributed by atoms with Crippen LogP contribution in [0, 0.1) is 6.92 Å². The van der Waals surface area contributed by atoms with Crippen molar-refractivity contribution in [2.75, 3.05) is 12.8 Å². The Labute approximate surface area is 120 Å². The lowest BCUT2D eigenvalue weighted by molar-refractivity contribution is -0.118. The van der Waals surface area contributed by atoms with E-state index in [1.807, 2.05) is 31.2 Å². The van der Waals surface area contributed by atoms with Crippen molar-refractivity contribution in [3.8, 4) is 5.75 Å². The van der Waals surface area contributed by atoms with Crippen molar-refractivity contribution in [1.82, 2.24) is 15.5 Å². The maximum atomic E-state index is 11.1. The van der Waals surface area contributed by atoms with E-state index in [-0.39, 0.29) is 18.3 Å². The minimum Gasteiger partial charge on any atom is -0.484 e. The molecule has 2 aromatic rings. The molecular weight excluding hydrogens is 278 g/mol. The van der Waals surface area contributed by atoms with Gasteiger partial charge in [0.15, 0.2) is 6.61 Å². The molecule has 0 aliphatic carbocycles. The predicted molar refractivity (Wildman–Crippen MR) is 74.6 cm³/mol. The average molecular weight is 293 g/mol. The van der Waals surface area contributed by atoms with Gasteiger partial charge in [-0.2, -0.15) is 0 Å².